The van der Waals surface area contributed by atoms with Gasteiger partial charge in [-0.1, -0.05) is 59.6 Å². The number of aromatic nitrogens is 1. The lowest BCUT2D eigenvalue weighted by Gasteiger charge is -2.41. The number of nitrogens with zero attached hydrogens (tertiary/aromatic N) is 3. The highest BCUT2D eigenvalue weighted by Crippen LogP contribution is 2.43. The highest BCUT2D eigenvalue weighted by Gasteiger charge is 2.37. The van der Waals surface area contributed by atoms with E-state index < -0.39 is 41.1 Å². The van der Waals surface area contributed by atoms with Gasteiger partial charge in [0.25, 0.3) is 11.8 Å². The van der Waals surface area contributed by atoms with Crippen molar-refractivity contribution in [2.45, 2.75) is 50.9 Å². The number of methoxy groups -OCH3 is 1. The molecule has 0 spiro atoms. The largest absolute Gasteiger partial charge is 0.496 e. The van der Waals surface area contributed by atoms with Crippen LogP contribution in [-0.4, -0.2) is 45.8 Å². The van der Waals surface area contributed by atoms with Gasteiger partial charge in [-0.3, -0.25) is 14.6 Å². The number of hydrogen-bond acceptors (Lipinski definition) is 6. The van der Waals surface area contributed by atoms with Crippen LogP contribution in [0.25, 0.3) is 31.3 Å². The fourth-order valence-corrected chi connectivity index (χ4v) is 10.7. The number of carbonyl (C=O) groups is 2. The molecule has 1 fully saturated rings. The summed E-state index contributed by atoms with van der Waals surface area (Å²) in [5.41, 5.74) is 3.32. The van der Waals surface area contributed by atoms with Crippen molar-refractivity contribution in [3.63, 3.8) is 0 Å². The molecule has 0 atom stereocenters. The van der Waals surface area contributed by atoms with Gasteiger partial charge in [0, 0.05) is 43.1 Å². The van der Waals surface area contributed by atoms with E-state index in [0.29, 0.717) is 37.0 Å². The van der Waals surface area contributed by atoms with E-state index in [9.17, 15) is 22.8 Å². The first kappa shape index (κ1) is 39.8. The molecule has 3 heterocycles. The molecule has 6 nitrogen and oxygen atoms in total. The Morgan fingerprint density at radius 1 is 0.672 bits per heavy atom. The summed E-state index contributed by atoms with van der Waals surface area (Å²) in [6.45, 7) is 0.285. The quantitative estimate of drug-likeness (QED) is 0.129. The van der Waals surface area contributed by atoms with Crippen LogP contribution in [0.1, 0.15) is 56.2 Å². The van der Waals surface area contributed by atoms with E-state index in [1.165, 1.54) is 0 Å². The average molecular weight is 863 g/mol. The van der Waals surface area contributed by atoms with Gasteiger partial charge in [-0.05, 0) is 90.9 Å². The summed E-state index contributed by atoms with van der Waals surface area (Å²) in [6, 6.07) is 22.1. The van der Waals surface area contributed by atoms with E-state index in [4.69, 9.17) is 27.9 Å². The Kier molecular flexibility index (Phi) is 11.5. The summed E-state index contributed by atoms with van der Waals surface area (Å²) in [7, 11) is 1.54. The molecule has 0 saturated heterocycles. The monoisotopic (exact) mass is 861 g/mol. The summed E-state index contributed by atoms with van der Waals surface area (Å²) < 4.78 is 65.4. The van der Waals surface area contributed by atoms with Gasteiger partial charge in [-0.25, -0.2) is 17.6 Å². The maximum Gasteiger partial charge on any atom is 0.266 e. The molecule has 1 saturated carbocycles. The van der Waals surface area contributed by atoms with Gasteiger partial charge in [0.15, 0.2) is 0 Å². The van der Waals surface area contributed by atoms with Crippen molar-refractivity contribution in [1.82, 2.24) is 14.8 Å². The zero-order valence-electron chi connectivity index (χ0n) is 30.8. The van der Waals surface area contributed by atoms with Crippen molar-refractivity contribution in [3.8, 4) is 16.9 Å². The zero-order valence-corrected chi connectivity index (χ0v) is 33.9. The second kappa shape index (κ2) is 16.7. The maximum atomic E-state index is 15.0. The average Bonchev–Trinajstić information content (AvgIpc) is 3.80. The van der Waals surface area contributed by atoms with E-state index in [1.807, 2.05) is 60.7 Å². The summed E-state index contributed by atoms with van der Waals surface area (Å²) in [5.74, 6) is -3.22. The Hall–Kier alpha value is -5.01. The highest BCUT2D eigenvalue weighted by atomic mass is 35.5. The van der Waals surface area contributed by atoms with Crippen LogP contribution in [-0.2, 0) is 13.1 Å². The molecule has 1 aliphatic carbocycles. The van der Waals surface area contributed by atoms with E-state index in [-0.39, 0.29) is 59.1 Å². The number of amides is 2. The minimum Gasteiger partial charge on any atom is -0.496 e. The predicted octanol–water partition coefficient (Wildman–Crippen LogP) is 12.3. The van der Waals surface area contributed by atoms with E-state index in [0.717, 1.165) is 63.6 Å². The summed E-state index contributed by atoms with van der Waals surface area (Å²) >= 11 is 15.0. The van der Waals surface area contributed by atoms with E-state index in [2.05, 4.69) is 4.98 Å². The van der Waals surface area contributed by atoms with Crippen LogP contribution in [0, 0.1) is 23.3 Å². The first-order chi connectivity index (χ1) is 28.0. The molecule has 0 bridgehead atoms. The van der Waals surface area contributed by atoms with Gasteiger partial charge in [-0.2, -0.15) is 0 Å². The number of hydrogen-bond donors (Lipinski definition) is 0. The second-order valence-electron chi connectivity index (χ2n) is 14.0. The van der Waals surface area contributed by atoms with Crippen LogP contribution in [0.3, 0.4) is 0 Å². The molecule has 1 aliphatic rings. The van der Waals surface area contributed by atoms with Gasteiger partial charge >= 0.3 is 0 Å². The normalized spacial score (nSPS) is 15.5. The Morgan fingerprint density at radius 3 is 1.67 bits per heavy atom. The number of ether oxygens (including phenoxy) is 1. The first-order valence-electron chi connectivity index (χ1n) is 18.4. The smallest absolute Gasteiger partial charge is 0.266 e. The minimum atomic E-state index is -0.733. The summed E-state index contributed by atoms with van der Waals surface area (Å²) in [4.78, 5) is 36.8. The third-order valence-corrected chi connectivity index (χ3v) is 14.0. The summed E-state index contributed by atoms with van der Waals surface area (Å²) in [6.07, 6.45) is 5.16. The number of halogens is 6. The molecule has 58 heavy (non-hydrogen) atoms. The third-order valence-electron chi connectivity index (χ3n) is 10.7. The fraction of sp³-hybridized carbons (Fsp3) is 0.205. The number of benzene rings is 4. The van der Waals surface area contributed by atoms with Crippen molar-refractivity contribution in [1.29, 1.82) is 0 Å². The number of carbonyl (C=O) groups excluding carboxylic acids is 2. The van der Waals surface area contributed by atoms with E-state index in [1.54, 1.807) is 29.3 Å². The molecular formula is C44H33Cl2F4N3O3S2. The van der Waals surface area contributed by atoms with Gasteiger partial charge in [0.1, 0.15) is 38.8 Å². The molecule has 0 radical (unpaired) electrons. The van der Waals surface area contributed by atoms with Gasteiger partial charge < -0.3 is 14.5 Å². The Balaban J connectivity index is 1.14. The standard InChI is InChI=1S/C44H33Cl2F4N3O3S2/c1-56-34-16-7-26(25-17-19-51-20-18-25)21-27(34)23-53(44(55)42-38(46)36-31(48)13-15-33(50)40(36)58-42)29-10-8-28(9-11-29)52(22-24-5-3-2-4-6-24)43(54)41-37(45)35-30(47)12-14-32(49)39(35)57-41/h2-7,12-21,28-29H,8-11,22-23H2,1H3. The van der Waals surface area contributed by atoms with Crippen LogP contribution < -0.4 is 4.74 Å². The molecular weight excluding hydrogens is 830 g/mol. The predicted molar refractivity (Wildman–Crippen MR) is 222 cm³/mol. The Bertz CT molecular complexity index is 2670. The van der Waals surface area contributed by atoms with Crippen LogP contribution in [0.2, 0.25) is 10.0 Å². The summed E-state index contributed by atoms with van der Waals surface area (Å²) in [5, 5.41) is -0.575. The molecule has 14 heteroatoms. The van der Waals surface area contributed by atoms with Gasteiger partial charge in [0.05, 0.1) is 37.3 Å². The van der Waals surface area contributed by atoms with Crippen molar-refractivity contribution < 1.29 is 31.9 Å². The lowest BCUT2D eigenvalue weighted by atomic mass is 9.88. The SMILES string of the molecule is COc1ccc(-c2ccncc2)cc1CN(C(=O)c1sc2c(F)ccc(F)c2c1Cl)C1CCC(N(Cc2ccccc2)C(=O)c2sc3c(F)ccc(F)c3c2Cl)CC1. The first-order valence-corrected chi connectivity index (χ1v) is 20.8. The maximum absolute atomic E-state index is 15.0. The van der Waals surface area contributed by atoms with Crippen molar-refractivity contribution >= 4 is 77.9 Å². The van der Waals surface area contributed by atoms with Gasteiger partial charge in [-0.15, -0.1) is 22.7 Å². The molecule has 2 amide bonds. The zero-order chi connectivity index (χ0) is 40.7. The molecule has 0 aliphatic heterocycles. The fourth-order valence-electron chi connectivity index (χ4n) is 7.74. The topological polar surface area (TPSA) is 62.7 Å². The Labute approximate surface area is 349 Å². The van der Waals surface area contributed by atoms with Crippen LogP contribution in [0.4, 0.5) is 17.6 Å². The molecule has 4 aromatic carbocycles. The molecule has 3 aromatic heterocycles. The highest BCUT2D eigenvalue weighted by molar-refractivity contribution is 7.22. The number of rotatable bonds is 10. The number of thiophene rings is 2. The molecule has 8 rings (SSSR count). The minimum absolute atomic E-state index is 0.00629. The lowest BCUT2D eigenvalue weighted by molar-refractivity contribution is 0.0460. The van der Waals surface area contributed by atoms with Gasteiger partial charge in [0.2, 0.25) is 0 Å². The molecule has 0 unspecified atom stereocenters. The van der Waals surface area contributed by atoms with Crippen LogP contribution >= 0.6 is 45.9 Å². The molecule has 296 valence electrons. The number of pyridine rings is 1. The van der Waals surface area contributed by atoms with Crippen LogP contribution in [0.15, 0.2) is 97.3 Å². The van der Waals surface area contributed by atoms with Crippen molar-refractivity contribution in [2.24, 2.45) is 0 Å². The van der Waals surface area contributed by atoms with Crippen molar-refractivity contribution in [2.75, 3.05) is 7.11 Å². The number of fused-ring (bicyclic) bond motifs is 2. The Morgan fingerprint density at radius 2 is 1.17 bits per heavy atom. The molecule has 0 N–H and O–H groups in total. The third kappa shape index (κ3) is 7.54. The molecule has 7 aromatic rings. The van der Waals surface area contributed by atoms with Crippen molar-refractivity contribution in [3.05, 3.63) is 152 Å². The van der Waals surface area contributed by atoms with E-state index >= 15 is 4.39 Å². The lowest BCUT2D eigenvalue weighted by Crippen LogP contribution is -2.47. The van der Waals surface area contributed by atoms with Crippen LogP contribution in [0.5, 0.6) is 5.75 Å². The second-order valence-corrected chi connectivity index (χ2v) is 16.8.